The molecule has 0 amide bonds. The average Bonchev–Trinajstić information content (AvgIpc) is 1.64. The van der Waals surface area contributed by atoms with Crippen molar-refractivity contribution in [2.45, 2.75) is 231 Å². The number of alkyl halides is 12. The first-order chi connectivity index (χ1) is 63.7. The Bertz CT molecular complexity index is 6650. The Morgan fingerprint density at radius 1 is 0.431 bits per heavy atom. The number of nitrogens with zero attached hydrogens (tertiary/aromatic N) is 8. The van der Waals surface area contributed by atoms with Gasteiger partial charge >= 0.3 is 49.3 Å². The van der Waals surface area contributed by atoms with Gasteiger partial charge in [-0.25, -0.2) is 27.6 Å². The van der Waals surface area contributed by atoms with Crippen LogP contribution in [0.3, 0.4) is 0 Å². The molecule has 137 heavy (non-hydrogen) atoms. The lowest BCUT2D eigenvalue weighted by Crippen LogP contribution is -2.50. The number of rotatable bonds is 15. The van der Waals surface area contributed by atoms with Crippen LogP contribution >= 0.6 is 0 Å². The molecule has 0 unspecified atom stereocenters. The van der Waals surface area contributed by atoms with Crippen LogP contribution < -0.4 is 65.4 Å². The van der Waals surface area contributed by atoms with Gasteiger partial charge in [0.25, 0.3) is 0 Å². The molecule has 8 aliphatic heterocycles. The Morgan fingerprint density at radius 2 is 0.745 bits per heavy atom. The molecule has 2 N–H and O–H groups in total. The first-order valence-corrected chi connectivity index (χ1v) is 45.4. The number of hydrogen-bond donors (Lipinski definition) is 2. The summed E-state index contributed by atoms with van der Waals surface area (Å²) in [5.41, 5.74) is 1.48. The predicted molar refractivity (Wildman–Crippen MR) is 476 cm³/mol. The van der Waals surface area contributed by atoms with Gasteiger partial charge in [-0.3, -0.25) is 57.9 Å². The SMILES string of the molecule is CC1(C)CC[C@@H]2c3cc(C#CC(C)(C)S(C)(=O)=O)c(OC(F)(F)F)cc3-c3cc(=O)c(C(=O)O)cn3N21.CCOC(=O)c1cn2c(cc1=O)-c1cc(OC(F)(F)F)c(C)cc1[C@H]1CCC(C)(C)N12.CCOC(=O)c1cn2c(cc1=O)-c1cc(OC(F)(F)F)c(O)cc1[C@H]1CCC(C)(C)N12.CCOC(=O)c1cn2c(cc1=O)-c1cc(OC(F)(F)F)c(OCc3ccccc3)cc1[C@H]1CCC(C)(C)N12. The highest BCUT2D eigenvalue weighted by atomic mass is 32.2. The Kier molecular flexibility index (Phi) is 26.0. The van der Waals surface area contributed by atoms with Gasteiger partial charge in [-0.1, -0.05) is 42.2 Å². The summed E-state index contributed by atoms with van der Waals surface area (Å²) in [5, 5.41) is 27.7. The van der Waals surface area contributed by atoms with E-state index in [1.807, 2.05) is 81.9 Å². The number of aromatic carboxylic acids is 1. The Morgan fingerprint density at radius 3 is 1.11 bits per heavy atom. The monoisotopic (exact) mass is 1940 g/mol. The van der Waals surface area contributed by atoms with Crippen LogP contribution in [0.4, 0.5) is 52.7 Å². The second-order valence-corrected chi connectivity index (χ2v) is 39.4. The molecule has 8 aliphatic rings. The van der Waals surface area contributed by atoms with Crippen molar-refractivity contribution in [1.82, 2.24) is 18.7 Å². The molecule has 4 aromatic heterocycles. The number of carbonyl (C=O) groups is 4. The molecular weight excluding hydrogens is 1850 g/mol. The second-order valence-electron chi connectivity index (χ2n) is 36.9. The van der Waals surface area contributed by atoms with Crippen LogP contribution in [0.1, 0.15) is 246 Å². The lowest BCUT2D eigenvalue weighted by atomic mass is 9.91. The number of halogens is 12. The molecule has 730 valence electrons. The van der Waals surface area contributed by atoms with Crippen LogP contribution in [-0.4, -0.2) is 140 Å². The summed E-state index contributed by atoms with van der Waals surface area (Å²) in [7, 11) is -3.65. The number of aromatic nitrogens is 4. The van der Waals surface area contributed by atoms with Crippen molar-refractivity contribution in [3.63, 3.8) is 0 Å². The van der Waals surface area contributed by atoms with Crippen LogP contribution in [0.5, 0.6) is 34.5 Å². The largest absolute Gasteiger partial charge is 0.573 e. The predicted octanol–water partition coefficient (Wildman–Crippen LogP) is 17.9. The van der Waals surface area contributed by atoms with Gasteiger partial charge in [0.1, 0.15) is 45.1 Å². The van der Waals surface area contributed by atoms with E-state index in [1.165, 1.54) is 85.8 Å². The number of carboxylic acids is 1. The van der Waals surface area contributed by atoms with E-state index >= 15 is 0 Å². The summed E-state index contributed by atoms with van der Waals surface area (Å²) >= 11 is 0. The standard InChI is InChI=1S/C28H27F3N2O5.C25H25F3N2O6S.C22H23F3N2O4.C21H21F3N2O5/c1-4-36-26(35)20-15-32-22(14-23(20)34)19-13-25(38-28(29,30)31)24(37-16-17-8-6-5-7-9-17)12-18(19)21-10-11-27(2,3)33(21)32;1-23(2)8-7-18-15-10-14(6-9-24(3,4)37(5,34)35)21(36-25(26,27)28)11-16(15)19-12-20(31)17(22(32)33)13-29(19)30(18)23;1-5-30-20(29)15-11-26-17(10-18(15)28)14-9-19(31-22(23,24)25)12(2)8-13(14)16-6-7-21(3,4)27(16)26;1-4-30-19(29)13-10-25-15(9-16(13)27)12-8-18(31-21(22,23)24)17(28)7-11(12)14-5-6-20(2,3)26(14)25/h5-9,12-15,21H,4,10-11,16H2,1-3H3;10-13,18H,7-8H2,1-5H3,(H,32,33);8-11,16H,5-7H2,1-4H3;7-10,14,28H,4-6H2,1-3H3/t21-;18-;16-;14-/m1111/s1. The van der Waals surface area contributed by atoms with E-state index in [9.17, 15) is 110 Å². The smallest absolute Gasteiger partial charge is 0.504 e. The highest BCUT2D eigenvalue weighted by molar-refractivity contribution is 7.92. The third-order valence-electron chi connectivity index (χ3n) is 25.4. The molecule has 0 aliphatic carbocycles. The average molecular weight is 1940 g/mol. The van der Waals surface area contributed by atoms with Crippen molar-refractivity contribution in [1.29, 1.82) is 0 Å². The maximum atomic E-state index is 13.4. The summed E-state index contributed by atoms with van der Waals surface area (Å²) in [6, 6.07) is 23.7. The molecular formula is C96H96F12N8O20S. The molecule has 0 spiro atoms. The third kappa shape index (κ3) is 19.8. The number of benzene rings is 5. The van der Waals surface area contributed by atoms with Gasteiger partial charge in [0.05, 0.1) is 94.5 Å². The Hall–Kier alpha value is -13.6. The minimum Gasteiger partial charge on any atom is -0.504 e. The van der Waals surface area contributed by atoms with Gasteiger partial charge in [0, 0.05) is 77.6 Å². The van der Waals surface area contributed by atoms with Gasteiger partial charge < -0.3 is 48.1 Å². The molecule has 12 heterocycles. The zero-order chi connectivity index (χ0) is 100. The fourth-order valence-electron chi connectivity index (χ4n) is 18.9. The van der Waals surface area contributed by atoms with Gasteiger partial charge in [-0.2, -0.15) is 0 Å². The molecule has 0 radical (unpaired) electrons. The number of ether oxygens (including phenoxy) is 8. The van der Waals surface area contributed by atoms with Crippen molar-refractivity contribution in [2.75, 3.05) is 46.1 Å². The van der Waals surface area contributed by atoms with Crippen LogP contribution in [0, 0.1) is 18.8 Å². The molecule has 5 aromatic carbocycles. The number of pyridine rings is 4. The molecule has 28 nitrogen and oxygen atoms in total. The number of carboxylic acid groups (broad SMARTS) is 1. The summed E-state index contributed by atoms with van der Waals surface area (Å²) in [6.45, 7) is 25.6. The van der Waals surface area contributed by atoms with Crippen LogP contribution in [0.25, 0.3) is 45.0 Å². The number of hydrogen-bond acceptors (Lipinski definition) is 23. The normalized spacial score (nSPS) is 18.2. The van der Waals surface area contributed by atoms with E-state index in [2.05, 4.69) is 54.7 Å². The Labute approximate surface area is 776 Å². The number of aryl methyl sites for hydroxylation is 1. The van der Waals surface area contributed by atoms with E-state index in [0.717, 1.165) is 66.8 Å². The van der Waals surface area contributed by atoms with Gasteiger partial charge in [0.15, 0.2) is 54.6 Å². The summed E-state index contributed by atoms with van der Waals surface area (Å²) < 4.78 is 224. The molecule has 17 rings (SSSR count). The second kappa shape index (κ2) is 35.9. The number of fused-ring (bicyclic) bond motifs is 24. The third-order valence-corrected chi connectivity index (χ3v) is 27.4. The van der Waals surface area contributed by atoms with Crippen LogP contribution in [0.2, 0.25) is 0 Å². The zero-order valence-electron chi connectivity index (χ0n) is 76.7. The van der Waals surface area contributed by atoms with E-state index < -0.39 is 120 Å². The van der Waals surface area contributed by atoms with E-state index in [-0.39, 0.29) is 112 Å². The summed E-state index contributed by atoms with van der Waals surface area (Å²) in [6.07, 6.45) is -7.68. The highest BCUT2D eigenvalue weighted by Crippen LogP contribution is 2.56. The fourth-order valence-corrected chi connectivity index (χ4v) is 19.2. The van der Waals surface area contributed by atoms with Gasteiger partial charge in [-0.05, 0) is 230 Å². The number of aromatic hydroxyl groups is 1. The van der Waals surface area contributed by atoms with E-state index in [0.29, 0.717) is 76.1 Å². The first kappa shape index (κ1) is 99.4. The minimum absolute atomic E-state index is 0.0477. The molecule has 4 atom stereocenters. The van der Waals surface area contributed by atoms with Gasteiger partial charge in [0.2, 0.25) is 0 Å². The topological polar surface area (TPSA) is 318 Å². The fraction of sp³-hybridized carbons (Fsp3) is 0.417. The van der Waals surface area contributed by atoms with E-state index in [1.54, 1.807) is 53.9 Å². The maximum Gasteiger partial charge on any atom is 0.573 e. The molecule has 41 heteroatoms. The van der Waals surface area contributed by atoms with E-state index in [4.69, 9.17) is 18.9 Å². The van der Waals surface area contributed by atoms with Crippen molar-refractivity contribution < 1.29 is 128 Å². The number of carbonyl (C=O) groups excluding carboxylic acids is 3. The maximum absolute atomic E-state index is 13.4. The molecule has 0 bridgehead atoms. The number of sulfone groups is 1. The van der Waals surface area contributed by atoms with Crippen LogP contribution in [-0.2, 0) is 30.7 Å². The number of phenolic OH excluding ortho intramolecular Hbond substituents is 1. The molecule has 0 saturated carbocycles. The van der Waals surface area contributed by atoms with Crippen molar-refractivity contribution in [2.24, 2.45) is 0 Å². The van der Waals surface area contributed by atoms with Crippen molar-refractivity contribution in [3.05, 3.63) is 230 Å². The van der Waals surface area contributed by atoms with Crippen LogP contribution in [0.15, 0.2) is 147 Å². The minimum atomic E-state index is -5.07. The number of esters is 3. The lowest BCUT2D eigenvalue weighted by molar-refractivity contribution is -0.276. The van der Waals surface area contributed by atoms with Crippen molar-refractivity contribution >= 4 is 33.7 Å². The Balaban J connectivity index is 0.000000147. The first-order valence-electron chi connectivity index (χ1n) is 43.5. The molecule has 4 fully saturated rings. The zero-order valence-corrected chi connectivity index (χ0v) is 77.5. The molecule has 4 saturated heterocycles. The number of phenols is 1. The summed E-state index contributed by atoms with van der Waals surface area (Å²) in [4.78, 5) is 99.6. The lowest BCUT2D eigenvalue weighted by Gasteiger charge is -2.44. The van der Waals surface area contributed by atoms with Crippen molar-refractivity contribution in [3.8, 4) is 91.4 Å². The molecule has 9 aromatic rings. The quantitative estimate of drug-likeness (QED) is 0.0417. The summed E-state index contributed by atoms with van der Waals surface area (Å²) in [5.74, 6) is -1.47. The highest BCUT2D eigenvalue weighted by Gasteiger charge is 2.52. The van der Waals surface area contributed by atoms with Gasteiger partial charge in [-0.15, -0.1) is 52.7 Å².